The standard InChI is InChI=1S/C20H32N4O.HI/c1-2-21-20(22-15-16-6-5-9-19(25)14-16)23-17-10-12-24(13-11-17)18-7-3-4-8-18;/h5-6,9,14,17-18,25H,2-4,7-8,10-13,15H2,1H3,(H2,21,22,23);1H. The molecule has 0 radical (unpaired) electrons. The number of aliphatic imine (C=N–C) groups is 1. The number of nitrogens with zero attached hydrogens (tertiary/aromatic N) is 2. The zero-order chi connectivity index (χ0) is 17.5. The second-order valence-electron chi connectivity index (χ2n) is 7.26. The van der Waals surface area contributed by atoms with Gasteiger partial charge < -0.3 is 20.6 Å². The summed E-state index contributed by atoms with van der Waals surface area (Å²) in [5.41, 5.74) is 1.02. The summed E-state index contributed by atoms with van der Waals surface area (Å²) in [5, 5.41) is 16.5. The largest absolute Gasteiger partial charge is 0.508 e. The molecule has 0 atom stereocenters. The molecule has 1 saturated carbocycles. The molecule has 2 aliphatic rings. The molecule has 1 heterocycles. The molecule has 6 heteroatoms. The highest BCUT2D eigenvalue weighted by atomic mass is 127. The molecule has 26 heavy (non-hydrogen) atoms. The third-order valence-corrected chi connectivity index (χ3v) is 5.39. The number of benzene rings is 1. The van der Waals surface area contributed by atoms with Crippen molar-refractivity contribution in [2.45, 2.75) is 64.1 Å². The van der Waals surface area contributed by atoms with Crippen molar-refractivity contribution in [2.75, 3.05) is 19.6 Å². The van der Waals surface area contributed by atoms with Crippen LogP contribution < -0.4 is 10.6 Å². The van der Waals surface area contributed by atoms with E-state index in [4.69, 9.17) is 0 Å². The van der Waals surface area contributed by atoms with Crippen molar-refractivity contribution in [1.29, 1.82) is 0 Å². The molecule has 1 aromatic rings. The van der Waals surface area contributed by atoms with Gasteiger partial charge in [0.15, 0.2) is 5.96 Å². The van der Waals surface area contributed by atoms with Crippen LogP contribution >= 0.6 is 24.0 Å². The van der Waals surface area contributed by atoms with Crippen molar-refractivity contribution >= 4 is 29.9 Å². The molecule has 1 aliphatic heterocycles. The number of piperidine rings is 1. The number of likely N-dealkylation sites (tertiary alicyclic amines) is 1. The van der Waals surface area contributed by atoms with E-state index in [-0.39, 0.29) is 24.0 Å². The Bertz CT molecular complexity index is 567. The average Bonchev–Trinajstić information content (AvgIpc) is 3.15. The fraction of sp³-hybridized carbons (Fsp3) is 0.650. The minimum Gasteiger partial charge on any atom is -0.508 e. The van der Waals surface area contributed by atoms with Crippen LogP contribution in [-0.2, 0) is 6.54 Å². The smallest absolute Gasteiger partial charge is 0.191 e. The first kappa shape index (κ1) is 21.3. The third kappa shape index (κ3) is 6.30. The first-order valence-electron chi connectivity index (χ1n) is 9.81. The number of hydrogen-bond acceptors (Lipinski definition) is 3. The van der Waals surface area contributed by atoms with Gasteiger partial charge in [-0.15, -0.1) is 24.0 Å². The number of phenols is 1. The fourth-order valence-corrected chi connectivity index (χ4v) is 4.02. The van der Waals surface area contributed by atoms with Crippen LogP contribution in [0.4, 0.5) is 0 Å². The Morgan fingerprint density at radius 3 is 2.58 bits per heavy atom. The molecule has 3 rings (SSSR count). The third-order valence-electron chi connectivity index (χ3n) is 5.39. The molecule has 0 aromatic heterocycles. The molecule has 0 spiro atoms. The van der Waals surface area contributed by atoms with E-state index in [2.05, 4.69) is 27.4 Å². The van der Waals surface area contributed by atoms with Crippen LogP contribution in [-0.4, -0.2) is 47.7 Å². The van der Waals surface area contributed by atoms with Crippen molar-refractivity contribution in [3.8, 4) is 5.75 Å². The van der Waals surface area contributed by atoms with Gasteiger partial charge in [-0.2, -0.15) is 0 Å². The molecule has 5 nitrogen and oxygen atoms in total. The van der Waals surface area contributed by atoms with E-state index < -0.39 is 0 Å². The topological polar surface area (TPSA) is 59.9 Å². The quantitative estimate of drug-likeness (QED) is 0.349. The summed E-state index contributed by atoms with van der Waals surface area (Å²) in [5.74, 6) is 1.18. The Hall–Kier alpha value is -1.02. The van der Waals surface area contributed by atoms with Crippen LogP contribution in [0.25, 0.3) is 0 Å². The number of rotatable bonds is 5. The Balaban J connectivity index is 0.00000243. The summed E-state index contributed by atoms with van der Waals surface area (Å²) in [4.78, 5) is 7.38. The number of phenolic OH excluding ortho intramolecular Hbond substituents is 1. The maximum absolute atomic E-state index is 9.57. The van der Waals surface area contributed by atoms with Crippen molar-refractivity contribution in [3.63, 3.8) is 0 Å². The number of nitrogens with one attached hydrogen (secondary N) is 2. The fourth-order valence-electron chi connectivity index (χ4n) is 4.02. The summed E-state index contributed by atoms with van der Waals surface area (Å²) in [6.45, 7) is 5.92. The Kier molecular flexibility index (Phi) is 8.98. The molecule has 1 saturated heterocycles. The summed E-state index contributed by atoms with van der Waals surface area (Å²) in [6, 6.07) is 8.65. The van der Waals surface area contributed by atoms with Gasteiger partial charge in [-0.25, -0.2) is 4.99 Å². The normalized spacial score (nSPS) is 20.0. The lowest BCUT2D eigenvalue weighted by Gasteiger charge is -2.36. The van der Waals surface area contributed by atoms with E-state index in [9.17, 15) is 5.11 Å². The van der Waals surface area contributed by atoms with Gasteiger partial charge in [0.1, 0.15) is 5.75 Å². The molecule has 3 N–H and O–H groups in total. The predicted octanol–water partition coefficient (Wildman–Crippen LogP) is 3.47. The van der Waals surface area contributed by atoms with Crippen molar-refractivity contribution < 1.29 is 5.11 Å². The van der Waals surface area contributed by atoms with Gasteiger partial charge in [0.05, 0.1) is 6.54 Å². The minimum absolute atomic E-state index is 0. The van der Waals surface area contributed by atoms with Crippen LogP contribution in [0, 0.1) is 0 Å². The van der Waals surface area contributed by atoms with Crippen LogP contribution in [0.15, 0.2) is 29.3 Å². The van der Waals surface area contributed by atoms with Crippen molar-refractivity contribution in [2.24, 2.45) is 4.99 Å². The lowest BCUT2D eigenvalue weighted by Crippen LogP contribution is -2.50. The van der Waals surface area contributed by atoms with E-state index >= 15 is 0 Å². The van der Waals surface area contributed by atoms with E-state index in [1.165, 1.54) is 51.6 Å². The van der Waals surface area contributed by atoms with Crippen molar-refractivity contribution in [3.05, 3.63) is 29.8 Å². The van der Waals surface area contributed by atoms with Gasteiger partial charge in [-0.1, -0.05) is 25.0 Å². The second kappa shape index (κ2) is 11.0. The number of hydrogen-bond donors (Lipinski definition) is 3. The lowest BCUT2D eigenvalue weighted by molar-refractivity contribution is 0.150. The maximum Gasteiger partial charge on any atom is 0.191 e. The summed E-state index contributed by atoms with van der Waals surface area (Å²) < 4.78 is 0. The molecule has 1 aromatic carbocycles. The van der Waals surface area contributed by atoms with E-state index in [1.807, 2.05) is 12.1 Å². The maximum atomic E-state index is 9.57. The van der Waals surface area contributed by atoms with E-state index in [0.717, 1.165) is 24.1 Å². The summed E-state index contributed by atoms with van der Waals surface area (Å²) in [7, 11) is 0. The van der Waals surface area contributed by atoms with Gasteiger partial charge in [-0.05, 0) is 50.3 Å². The molecule has 0 unspecified atom stereocenters. The van der Waals surface area contributed by atoms with Gasteiger partial charge in [0.2, 0.25) is 0 Å². The summed E-state index contributed by atoms with van der Waals surface area (Å²) in [6.07, 6.45) is 7.99. The van der Waals surface area contributed by atoms with Crippen molar-refractivity contribution in [1.82, 2.24) is 15.5 Å². The number of halogens is 1. The zero-order valence-electron chi connectivity index (χ0n) is 15.8. The van der Waals surface area contributed by atoms with Gasteiger partial charge >= 0.3 is 0 Å². The lowest BCUT2D eigenvalue weighted by atomic mass is 10.0. The summed E-state index contributed by atoms with van der Waals surface area (Å²) >= 11 is 0. The number of aromatic hydroxyl groups is 1. The minimum atomic E-state index is 0. The van der Waals surface area contributed by atoms with Crippen LogP contribution in [0.2, 0.25) is 0 Å². The molecule has 1 aliphatic carbocycles. The van der Waals surface area contributed by atoms with Gasteiger partial charge in [0.25, 0.3) is 0 Å². The van der Waals surface area contributed by atoms with Gasteiger partial charge in [-0.3, -0.25) is 0 Å². The van der Waals surface area contributed by atoms with Crippen LogP contribution in [0.1, 0.15) is 51.0 Å². The average molecular weight is 472 g/mol. The predicted molar refractivity (Wildman–Crippen MR) is 118 cm³/mol. The molecular weight excluding hydrogens is 439 g/mol. The molecule has 2 fully saturated rings. The highest BCUT2D eigenvalue weighted by molar-refractivity contribution is 14.0. The van der Waals surface area contributed by atoms with E-state index in [1.54, 1.807) is 12.1 Å². The van der Waals surface area contributed by atoms with Crippen LogP contribution in [0.3, 0.4) is 0 Å². The first-order valence-corrected chi connectivity index (χ1v) is 9.81. The zero-order valence-corrected chi connectivity index (χ0v) is 18.1. The molecular formula is C20H33IN4O. The monoisotopic (exact) mass is 472 g/mol. The molecule has 0 amide bonds. The highest BCUT2D eigenvalue weighted by Crippen LogP contribution is 2.26. The Morgan fingerprint density at radius 1 is 1.19 bits per heavy atom. The molecule has 0 bridgehead atoms. The Morgan fingerprint density at radius 2 is 1.92 bits per heavy atom. The first-order chi connectivity index (χ1) is 12.2. The molecule has 146 valence electrons. The second-order valence-corrected chi connectivity index (χ2v) is 7.26. The SMILES string of the molecule is CCNC(=NCc1cccc(O)c1)NC1CCN(C2CCCC2)CC1.I. The Labute approximate surface area is 174 Å². The van der Waals surface area contributed by atoms with Crippen LogP contribution in [0.5, 0.6) is 5.75 Å². The van der Waals surface area contributed by atoms with E-state index in [0.29, 0.717) is 18.3 Å². The van der Waals surface area contributed by atoms with Gasteiger partial charge in [0, 0.05) is 31.7 Å². The highest BCUT2D eigenvalue weighted by Gasteiger charge is 2.27. The number of guanidine groups is 1.